The van der Waals surface area contributed by atoms with E-state index in [4.69, 9.17) is 4.98 Å². The molecule has 0 aromatic carbocycles. The van der Waals surface area contributed by atoms with E-state index < -0.39 is 0 Å². The lowest BCUT2D eigenvalue weighted by atomic mass is 10.2. The number of aromatic nitrogens is 3. The maximum atomic E-state index is 4.69. The topological polar surface area (TPSA) is 53.9 Å². The summed E-state index contributed by atoms with van der Waals surface area (Å²) in [6.07, 6.45) is 2.07. The zero-order valence-electron chi connectivity index (χ0n) is 11.7. The predicted octanol–water partition coefficient (Wildman–Crippen LogP) is 3.11. The highest BCUT2D eigenvalue weighted by molar-refractivity contribution is 7.25. The summed E-state index contributed by atoms with van der Waals surface area (Å²) in [5, 5.41) is 14.5. The first kappa shape index (κ1) is 14.2. The summed E-state index contributed by atoms with van der Waals surface area (Å²) in [6, 6.07) is 0. The van der Waals surface area contributed by atoms with Crippen LogP contribution in [-0.2, 0) is 6.42 Å². The molecule has 19 heavy (non-hydrogen) atoms. The molecule has 0 atom stereocenters. The van der Waals surface area contributed by atoms with E-state index >= 15 is 0 Å². The van der Waals surface area contributed by atoms with Gasteiger partial charge in [-0.25, -0.2) is 4.98 Å². The highest BCUT2D eigenvalue weighted by Gasteiger charge is 2.17. The number of rotatable bonds is 6. The fourth-order valence-electron chi connectivity index (χ4n) is 1.64. The van der Waals surface area contributed by atoms with Gasteiger partial charge < -0.3 is 10.2 Å². The van der Waals surface area contributed by atoms with Crippen LogP contribution in [0, 0.1) is 0 Å². The van der Waals surface area contributed by atoms with Crippen molar-refractivity contribution in [3.8, 4) is 9.88 Å². The van der Waals surface area contributed by atoms with E-state index in [0.717, 1.165) is 45.2 Å². The molecule has 2 rings (SSSR count). The molecule has 0 fully saturated rings. The summed E-state index contributed by atoms with van der Waals surface area (Å²) >= 11 is 3.28. The van der Waals surface area contributed by atoms with Crippen molar-refractivity contribution in [3.63, 3.8) is 0 Å². The van der Waals surface area contributed by atoms with Crippen molar-refractivity contribution in [1.29, 1.82) is 0 Å². The monoisotopic (exact) mass is 297 g/mol. The van der Waals surface area contributed by atoms with Crippen LogP contribution in [0.25, 0.3) is 9.88 Å². The second kappa shape index (κ2) is 6.29. The average Bonchev–Trinajstić information content (AvgIpc) is 2.96. The lowest BCUT2D eigenvalue weighted by Crippen LogP contribution is -2.07. The van der Waals surface area contributed by atoms with Gasteiger partial charge in [0.15, 0.2) is 10.1 Å². The third kappa shape index (κ3) is 3.22. The Morgan fingerprint density at radius 1 is 1.16 bits per heavy atom. The normalized spacial score (nSPS) is 10.7. The van der Waals surface area contributed by atoms with Crippen LogP contribution in [0.5, 0.6) is 0 Å². The molecular formula is C12H19N5S2. The standard InChI is InChI=1S/C12H19N5S2/c1-5-7-8-9(18-12(14-8)17(3)4)10-15-16-11(19-10)13-6-2/h5-7H2,1-4H3,(H,13,16). The van der Waals surface area contributed by atoms with Gasteiger partial charge in [0.1, 0.15) is 0 Å². The second-order valence-corrected chi connectivity index (χ2v) is 6.31. The number of hydrogen-bond acceptors (Lipinski definition) is 7. The SMILES string of the molecule is CCCc1nc(N(C)C)sc1-c1nnc(NCC)s1. The van der Waals surface area contributed by atoms with Gasteiger partial charge >= 0.3 is 0 Å². The Morgan fingerprint density at radius 2 is 1.95 bits per heavy atom. The van der Waals surface area contributed by atoms with Crippen LogP contribution in [-0.4, -0.2) is 35.8 Å². The van der Waals surface area contributed by atoms with Crippen molar-refractivity contribution >= 4 is 32.9 Å². The molecule has 7 heteroatoms. The minimum atomic E-state index is 0.863. The van der Waals surface area contributed by atoms with E-state index in [-0.39, 0.29) is 0 Å². The summed E-state index contributed by atoms with van der Waals surface area (Å²) in [7, 11) is 4.03. The van der Waals surface area contributed by atoms with Crippen LogP contribution in [0.2, 0.25) is 0 Å². The van der Waals surface area contributed by atoms with Crippen molar-refractivity contribution in [2.24, 2.45) is 0 Å². The molecule has 0 saturated heterocycles. The van der Waals surface area contributed by atoms with Gasteiger partial charge in [-0.2, -0.15) is 0 Å². The maximum absolute atomic E-state index is 4.69. The van der Waals surface area contributed by atoms with Gasteiger partial charge in [-0.05, 0) is 13.3 Å². The number of thiazole rings is 1. The molecule has 0 bridgehead atoms. The molecule has 0 unspecified atom stereocenters. The molecule has 0 aliphatic rings. The Kier molecular flexibility index (Phi) is 4.71. The molecular weight excluding hydrogens is 278 g/mol. The van der Waals surface area contributed by atoms with Crippen LogP contribution in [0.15, 0.2) is 0 Å². The first-order chi connectivity index (χ1) is 9.15. The number of aryl methyl sites for hydroxylation is 1. The highest BCUT2D eigenvalue weighted by atomic mass is 32.1. The maximum Gasteiger partial charge on any atom is 0.206 e. The van der Waals surface area contributed by atoms with Gasteiger partial charge in [-0.3, -0.25) is 0 Å². The summed E-state index contributed by atoms with van der Waals surface area (Å²) in [5.74, 6) is 0. The van der Waals surface area contributed by atoms with Gasteiger partial charge in [-0.1, -0.05) is 36.0 Å². The van der Waals surface area contributed by atoms with Crippen molar-refractivity contribution in [2.75, 3.05) is 30.9 Å². The van der Waals surface area contributed by atoms with Gasteiger partial charge in [0, 0.05) is 20.6 Å². The van der Waals surface area contributed by atoms with E-state index in [0.29, 0.717) is 0 Å². The van der Waals surface area contributed by atoms with Gasteiger partial charge in [0.25, 0.3) is 0 Å². The zero-order valence-corrected chi connectivity index (χ0v) is 13.4. The van der Waals surface area contributed by atoms with Gasteiger partial charge in [0.05, 0.1) is 10.6 Å². The van der Waals surface area contributed by atoms with Gasteiger partial charge in [0.2, 0.25) is 5.13 Å². The van der Waals surface area contributed by atoms with Crippen LogP contribution >= 0.6 is 22.7 Å². The van der Waals surface area contributed by atoms with E-state index in [1.165, 1.54) is 0 Å². The second-order valence-electron chi connectivity index (χ2n) is 4.36. The molecule has 0 saturated carbocycles. The molecule has 2 heterocycles. The molecule has 0 spiro atoms. The Balaban J connectivity index is 2.35. The van der Waals surface area contributed by atoms with Crippen molar-refractivity contribution in [1.82, 2.24) is 15.2 Å². The van der Waals surface area contributed by atoms with Crippen LogP contribution in [0.3, 0.4) is 0 Å². The van der Waals surface area contributed by atoms with Crippen LogP contribution in [0.4, 0.5) is 10.3 Å². The lowest BCUT2D eigenvalue weighted by Gasteiger charge is -2.05. The molecule has 0 amide bonds. The minimum Gasteiger partial charge on any atom is -0.360 e. The smallest absolute Gasteiger partial charge is 0.206 e. The molecule has 5 nitrogen and oxygen atoms in total. The quantitative estimate of drug-likeness (QED) is 0.888. The zero-order chi connectivity index (χ0) is 13.8. The first-order valence-corrected chi connectivity index (χ1v) is 8.03. The van der Waals surface area contributed by atoms with E-state index in [9.17, 15) is 0 Å². The molecule has 2 aromatic rings. The average molecular weight is 297 g/mol. The van der Waals surface area contributed by atoms with Crippen LogP contribution in [0.1, 0.15) is 26.0 Å². The third-order valence-electron chi connectivity index (χ3n) is 2.50. The number of nitrogens with one attached hydrogen (secondary N) is 1. The number of nitrogens with zero attached hydrogens (tertiary/aromatic N) is 4. The Hall–Kier alpha value is -1.21. The van der Waals surface area contributed by atoms with Crippen LogP contribution < -0.4 is 10.2 Å². The summed E-state index contributed by atoms with van der Waals surface area (Å²) < 4.78 is 0. The Labute approximate surface area is 121 Å². The molecule has 1 N–H and O–H groups in total. The minimum absolute atomic E-state index is 0.863. The van der Waals surface area contributed by atoms with Crippen molar-refractivity contribution in [3.05, 3.63) is 5.69 Å². The fourth-order valence-corrected chi connectivity index (χ4v) is 3.58. The number of hydrogen-bond donors (Lipinski definition) is 1. The number of anilines is 2. The lowest BCUT2D eigenvalue weighted by molar-refractivity contribution is 0.889. The Morgan fingerprint density at radius 3 is 2.58 bits per heavy atom. The van der Waals surface area contributed by atoms with E-state index in [1.54, 1.807) is 22.7 Å². The van der Waals surface area contributed by atoms with E-state index in [2.05, 4.69) is 29.4 Å². The highest BCUT2D eigenvalue weighted by Crippen LogP contribution is 2.37. The van der Waals surface area contributed by atoms with Gasteiger partial charge in [-0.15, -0.1) is 10.2 Å². The largest absolute Gasteiger partial charge is 0.360 e. The third-order valence-corrected chi connectivity index (χ3v) is 4.80. The predicted molar refractivity (Wildman–Crippen MR) is 83.5 cm³/mol. The molecule has 0 aliphatic heterocycles. The van der Waals surface area contributed by atoms with Crippen molar-refractivity contribution in [2.45, 2.75) is 26.7 Å². The van der Waals surface area contributed by atoms with E-state index in [1.807, 2.05) is 19.0 Å². The summed E-state index contributed by atoms with van der Waals surface area (Å²) in [4.78, 5) is 7.89. The van der Waals surface area contributed by atoms with Crippen molar-refractivity contribution < 1.29 is 0 Å². The summed E-state index contributed by atoms with van der Waals surface area (Å²) in [6.45, 7) is 5.09. The molecule has 0 radical (unpaired) electrons. The summed E-state index contributed by atoms with van der Waals surface area (Å²) in [5.41, 5.74) is 1.13. The first-order valence-electron chi connectivity index (χ1n) is 6.40. The fraction of sp³-hybridized carbons (Fsp3) is 0.583. The Bertz CT molecular complexity index is 532. The molecule has 104 valence electrons. The molecule has 2 aromatic heterocycles. The molecule has 0 aliphatic carbocycles.